The minimum absolute atomic E-state index is 0.0363. The number of allylic oxidation sites excluding steroid dienone is 12. The Balaban J connectivity index is 4.70. The summed E-state index contributed by atoms with van der Waals surface area (Å²) in [6, 6.07) is -0.719. The van der Waals surface area contributed by atoms with Crippen molar-refractivity contribution in [1.29, 1.82) is 0 Å². The molecule has 0 aliphatic heterocycles. The third-order valence-electron chi connectivity index (χ3n) is 10.1. The normalized spacial score (nSPS) is 14.0. The molecule has 0 radical (unpaired) electrons. The summed E-state index contributed by atoms with van der Waals surface area (Å²) in [7, 11) is 0. The maximum atomic E-state index is 13.1. The Morgan fingerprint density at radius 3 is 1.55 bits per heavy atom. The van der Waals surface area contributed by atoms with Crippen molar-refractivity contribution in [3.8, 4) is 0 Å². The zero-order chi connectivity index (χ0) is 41.0. The molecule has 0 bridgehead atoms. The summed E-state index contributed by atoms with van der Waals surface area (Å²) < 4.78 is 5.86. The van der Waals surface area contributed by atoms with Crippen molar-refractivity contribution in [2.24, 2.45) is 0 Å². The van der Waals surface area contributed by atoms with E-state index in [4.69, 9.17) is 4.74 Å². The van der Waals surface area contributed by atoms with Gasteiger partial charge in [0.1, 0.15) is 6.10 Å². The smallest absolute Gasteiger partial charge is 0.306 e. The quantitative estimate of drug-likeness (QED) is 0.0249. The molecule has 0 aliphatic carbocycles. The summed E-state index contributed by atoms with van der Waals surface area (Å²) in [4.78, 5) is 26.0. The molecule has 0 aromatic heterocycles. The van der Waals surface area contributed by atoms with E-state index >= 15 is 0 Å². The Morgan fingerprint density at radius 1 is 0.536 bits per heavy atom. The molecule has 0 aromatic rings. The SMILES string of the molecule is CC/C=C/C=C/C=C\C=C/C=C/CCCCCC(=O)OC(CCC/C=C\CCCCCCCC)CC(=O)NC(CO)C(O)CCCCCCCCCCCCC. The van der Waals surface area contributed by atoms with Gasteiger partial charge >= 0.3 is 5.97 Å². The highest BCUT2D eigenvalue weighted by Gasteiger charge is 2.24. The number of carbonyl (C=O) groups excluding carboxylic acids is 2. The van der Waals surface area contributed by atoms with Crippen LogP contribution in [-0.4, -0.2) is 46.9 Å². The second kappa shape index (κ2) is 43.4. The van der Waals surface area contributed by atoms with Gasteiger partial charge in [0.2, 0.25) is 5.91 Å². The van der Waals surface area contributed by atoms with E-state index in [1.165, 1.54) is 89.9 Å². The highest BCUT2D eigenvalue weighted by atomic mass is 16.5. The lowest BCUT2D eigenvalue weighted by Gasteiger charge is -2.24. The standard InChI is InChI=1S/C50H87NO5/c1-4-7-10-13-16-19-22-23-24-25-28-31-34-37-40-43-50(55)56-46(41-38-35-32-29-26-20-17-14-11-8-5-2)44-49(54)51-47(45-52)48(53)42-39-36-33-30-27-21-18-15-12-9-6-3/h7,10,13,16,19,22-25,28-29,32,46-48,52-53H,4-6,8-9,11-12,14-15,17-18,20-21,26-27,30-31,33-45H2,1-3H3,(H,51,54)/b10-7+,16-13+,22-19-,24-23-,28-25+,32-29-. The predicted octanol–water partition coefficient (Wildman–Crippen LogP) is 13.4. The van der Waals surface area contributed by atoms with Crippen molar-refractivity contribution in [2.75, 3.05) is 6.61 Å². The van der Waals surface area contributed by atoms with Crippen LogP contribution in [0.3, 0.4) is 0 Å². The molecule has 0 fully saturated rings. The summed E-state index contributed by atoms with van der Waals surface area (Å²) in [6.07, 6.45) is 53.9. The molecule has 3 unspecified atom stereocenters. The Hall–Kier alpha value is -2.70. The van der Waals surface area contributed by atoms with Crippen LogP contribution in [0.5, 0.6) is 0 Å². The Bertz CT molecular complexity index is 1060. The highest BCUT2D eigenvalue weighted by Crippen LogP contribution is 2.16. The minimum atomic E-state index is -0.802. The van der Waals surface area contributed by atoms with Crippen LogP contribution in [0.4, 0.5) is 0 Å². The van der Waals surface area contributed by atoms with Crippen LogP contribution in [0.25, 0.3) is 0 Å². The topological polar surface area (TPSA) is 95.9 Å². The molecule has 1 amide bonds. The summed E-state index contributed by atoms with van der Waals surface area (Å²) >= 11 is 0. The van der Waals surface area contributed by atoms with Crippen LogP contribution in [0, 0.1) is 0 Å². The van der Waals surface area contributed by atoms with E-state index in [9.17, 15) is 19.8 Å². The molecule has 3 N–H and O–H groups in total. The number of amides is 1. The Kier molecular flexibility index (Phi) is 41.3. The van der Waals surface area contributed by atoms with E-state index in [2.05, 4.69) is 56.5 Å². The molecule has 3 atom stereocenters. The number of aliphatic hydroxyl groups excluding tert-OH is 2. The summed E-state index contributed by atoms with van der Waals surface area (Å²) in [5.74, 6) is -0.559. The molecule has 0 spiro atoms. The number of hydrogen-bond donors (Lipinski definition) is 3. The van der Waals surface area contributed by atoms with E-state index in [-0.39, 0.29) is 24.9 Å². The fraction of sp³-hybridized carbons (Fsp3) is 0.720. The van der Waals surface area contributed by atoms with Gasteiger partial charge in [0, 0.05) is 6.42 Å². The van der Waals surface area contributed by atoms with Crippen LogP contribution in [0.1, 0.15) is 207 Å². The van der Waals surface area contributed by atoms with Gasteiger partial charge in [-0.15, -0.1) is 0 Å². The van der Waals surface area contributed by atoms with Gasteiger partial charge < -0.3 is 20.3 Å². The van der Waals surface area contributed by atoms with Gasteiger partial charge in [0.15, 0.2) is 0 Å². The van der Waals surface area contributed by atoms with Gasteiger partial charge in [0.05, 0.1) is 25.2 Å². The molecule has 6 nitrogen and oxygen atoms in total. The molecule has 0 rings (SSSR count). The van der Waals surface area contributed by atoms with Gasteiger partial charge in [-0.25, -0.2) is 0 Å². The fourth-order valence-corrected chi connectivity index (χ4v) is 6.63. The number of ether oxygens (including phenoxy) is 1. The van der Waals surface area contributed by atoms with Crippen molar-refractivity contribution in [3.05, 3.63) is 72.9 Å². The zero-order valence-electron chi connectivity index (χ0n) is 36.5. The first kappa shape index (κ1) is 53.3. The van der Waals surface area contributed by atoms with Crippen molar-refractivity contribution >= 4 is 11.9 Å². The average molecular weight is 782 g/mol. The molecular formula is C50H87NO5. The third kappa shape index (κ3) is 38.2. The first-order chi connectivity index (χ1) is 27.5. The maximum absolute atomic E-state index is 13.1. The second-order valence-corrected chi connectivity index (χ2v) is 15.5. The summed E-state index contributed by atoms with van der Waals surface area (Å²) in [5.41, 5.74) is 0. The second-order valence-electron chi connectivity index (χ2n) is 15.5. The lowest BCUT2D eigenvalue weighted by atomic mass is 10.0. The molecular weight excluding hydrogens is 695 g/mol. The highest BCUT2D eigenvalue weighted by molar-refractivity contribution is 5.77. The number of nitrogens with one attached hydrogen (secondary N) is 1. The molecule has 6 heteroatoms. The lowest BCUT2D eigenvalue weighted by Crippen LogP contribution is -2.46. The molecule has 0 heterocycles. The van der Waals surface area contributed by atoms with Gasteiger partial charge in [-0.3, -0.25) is 9.59 Å². The molecule has 0 saturated heterocycles. The number of carbonyl (C=O) groups is 2. The fourth-order valence-electron chi connectivity index (χ4n) is 6.63. The van der Waals surface area contributed by atoms with Crippen molar-refractivity contribution in [1.82, 2.24) is 5.32 Å². The largest absolute Gasteiger partial charge is 0.462 e. The monoisotopic (exact) mass is 782 g/mol. The summed E-state index contributed by atoms with van der Waals surface area (Å²) in [6.45, 7) is 6.28. The number of esters is 1. The van der Waals surface area contributed by atoms with Crippen LogP contribution >= 0.6 is 0 Å². The molecule has 0 aromatic carbocycles. The van der Waals surface area contributed by atoms with Crippen molar-refractivity contribution in [2.45, 2.75) is 225 Å². The minimum Gasteiger partial charge on any atom is -0.462 e. The van der Waals surface area contributed by atoms with Crippen molar-refractivity contribution in [3.63, 3.8) is 0 Å². The first-order valence-electron chi connectivity index (χ1n) is 23.2. The Labute approximate surface area is 345 Å². The van der Waals surface area contributed by atoms with E-state index < -0.39 is 18.2 Å². The van der Waals surface area contributed by atoms with E-state index in [0.29, 0.717) is 19.3 Å². The lowest BCUT2D eigenvalue weighted by molar-refractivity contribution is -0.151. The van der Waals surface area contributed by atoms with Crippen LogP contribution in [-0.2, 0) is 14.3 Å². The van der Waals surface area contributed by atoms with Crippen LogP contribution in [0.15, 0.2) is 72.9 Å². The molecule has 56 heavy (non-hydrogen) atoms. The number of unbranched alkanes of at least 4 members (excludes halogenated alkanes) is 20. The van der Waals surface area contributed by atoms with E-state index in [1.54, 1.807) is 0 Å². The average Bonchev–Trinajstić information content (AvgIpc) is 3.19. The number of aliphatic hydroxyl groups is 2. The van der Waals surface area contributed by atoms with Gasteiger partial charge in [-0.2, -0.15) is 0 Å². The van der Waals surface area contributed by atoms with Gasteiger partial charge in [-0.1, -0.05) is 203 Å². The molecule has 0 saturated carbocycles. The van der Waals surface area contributed by atoms with E-state index in [1.807, 2.05) is 42.5 Å². The van der Waals surface area contributed by atoms with Gasteiger partial charge in [-0.05, 0) is 64.2 Å². The Morgan fingerprint density at radius 2 is 1.00 bits per heavy atom. The predicted molar refractivity (Wildman–Crippen MR) is 241 cm³/mol. The number of hydrogen-bond acceptors (Lipinski definition) is 5. The maximum Gasteiger partial charge on any atom is 0.306 e. The third-order valence-corrected chi connectivity index (χ3v) is 10.1. The van der Waals surface area contributed by atoms with Crippen molar-refractivity contribution < 1.29 is 24.5 Å². The summed E-state index contributed by atoms with van der Waals surface area (Å²) in [5, 5.41) is 23.6. The molecule has 0 aliphatic rings. The first-order valence-corrected chi connectivity index (χ1v) is 23.2. The van der Waals surface area contributed by atoms with Crippen LogP contribution < -0.4 is 5.32 Å². The molecule has 322 valence electrons. The van der Waals surface area contributed by atoms with E-state index in [0.717, 1.165) is 70.6 Å². The number of rotatable bonds is 40. The van der Waals surface area contributed by atoms with Gasteiger partial charge in [0.25, 0.3) is 0 Å². The zero-order valence-corrected chi connectivity index (χ0v) is 36.5. The van der Waals surface area contributed by atoms with Crippen LogP contribution in [0.2, 0.25) is 0 Å².